The van der Waals surface area contributed by atoms with Crippen LogP contribution < -0.4 is 5.73 Å². The second-order valence-electron chi connectivity index (χ2n) is 7.83. The lowest BCUT2D eigenvalue weighted by Gasteiger charge is -2.41. The van der Waals surface area contributed by atoms with Crippen molar-refractivity contribution in [1.29, 1.82) is 0 Å². The highest BCUT2D eigenvalue weighted by molar-refractivity contribution is 7.13. The maximum atomic E-state index is 13.8. The molecule has 2 aromatic heterocycles. The van der Waals surface area contributed by atoms with Gasteiger partial charge in [-0.05, 0) is 43.5 Å². The number of nitrogens with zero attached hydrogens (tertiary/aromatic N) is 5. The number of benzene rings is 1. The van der Waals surface area contributed by atoms with E-state index in [1.165, 1.54) is 28.2 Å². The van der Waals surface area contributed by atoms with E-state index in [-0.39, 0.29) is 11.7 Å². The maximum Gasteiger partial charge on any atom is 0.293 e. The minimum absolute atomic E-state index is 0.0512. The predicted octanol–water partition coefficient (Wildman–Crippen LogP) is 2.16. The number of piperazine rings is 1. The summed E-state index contributed by atoms with van der Waals surface area (Å²) in [6.07, 6.45) is 0. The van der Waals surface area contributed by atoms with Gasteiger partial charge in [0.2, 0.25) is 11.7 Å². The van der Waals surface area contributed by atoms with Crippen LogP contribution in [0.1, 0.15) is 24.5 Å². The van der Waals surface area contributed by atoms with Crippen LogP contribution in [-0.4, -0.2) is 68.1 Å². The van der Waals surface area contributed by atoms with Crippen LogP contribution in [-0.2, 0) is 4.79 Å². The largest absolute Gasteiger partial charge is 0.368 e. The molecule has 8 nitrogen and oxygen atoms in total. The number of nitrogens with two attached hydrogens (primary N) is 1. The molecule has 1 saturated heterocycles. The third-order valence-electron chi connectivity index (χ3n) is 5.55. The highest BCUT2D eigenvalue weighted by atomic mass is 32.1. The zero-order chi connectivity index (χ0) is 22.2. The molecule has 0 saturated carbocycles. The van der Waals surface area contributed by atoms with Crippen molar-refractivity contribution < 1.29 is 14.0 Å². The number of carbonyl (C=O) groups is 2. The minimum Gasteiger partial charge on any atom is -0.368 e. The lowest BCUT2D eigenvalue weighted by atomic mass is 10.0. The van der Waals surface area contributed by atoms with Crippen molar-refractivity contribution >= 4 is 23.2 Å². The summed E-state index contributed by atoms with van der Waals surface area (Å²) >= 11 is 1.46. The fraction of sp³-hybridized carbons (Fsp3) is 0.333. The Bertz CT molecular complexity index is 1100. The van der Waals surface area contributed by atoms with Crippen LogP contribution >= 0.6 is 11.3 Å². The number of halogens is 1. The fourth-order valence-electron chi connectivity index (χ4n) is 3.52. The molecular weight excluding hydrogens is 419 g/mol. The summed E-state index contributed by atoms with van der Waals surface area (Å²) in [6.45, 7) is 5.45. The molecule has 3 aromatic rings. The van der Waals surface area contributed by atoms with E-state index in [0.29, 0.717) is 37.7 Å². The van der Waals surface area contributed by atoms with Crippen LogP contribution in [0, 0.1) is 5.82 Å². The van der Waals surface area contributed by atoms with Gasteiger partial charge in [0, 0.05) is 26.2 Å². The van der Waals surface area contributed by atoms with Gasteiger partial charge in [-0.15, -0.1) is 16.4 Å². The van der Waals surface area contributed by atoms with Crippen molar-refractivity contribution in [1.82, 2.24) is 24.6 Å². The van der Waals surface area contributed by atoms with Gasteiger partial charge in [-0.1, -0.05) is 12.1 Å². The van der Waals surface area contributed by atoms with Crippen molar-refractivity contribution in [2.45, 2.75) is 19.4 Å². The van der Waals surface area contributed by atoms with Crippen molar-refractivity contribution in [3.05, 3.63) is 53.4 Å². The fourth-order valence-corrected chi connectivity index (χ4v) is 4.22. The molecule has 0 atom stereocenters. The van der Waals surface area contributed by atoms with E-state index in [1.807, 2.05) is 22.4 Å². The van der Waals surface area contributed by atoms with Crippen LogP contribution in [0.25, 0.3) is 16.4 Å². The molecule has 1 fully saturated rings. The van der Waals surface area contributed by atoms with E-state index < -0.39 is 17.3 Å². The first-order valence-electron chi connectivity index (χ1n) is 9.88. The van der Waals surface area contributed by atoms with Crippen LogP contribution in [0.3, 0.4) is 0 Å². The Kier molecular flexibility index (Phi) is 5.59. The quantitative estimate of drug-likeness (QED) is 0.653. The second kappa shape index (κ2) is 8.20. The highest BCUT2D eigenvalue weighted by Crippen LogP contribution is 2.26. The zero-order valence-electron chi connectivity index (χ0n) is 17.3. The Balaban J connectivity index is 1.60. The molecule has 31 heavy (non-hydrogen) atoms. The van der Waals surface area contributed by atoms with Crippen LogP contribution in [0.5, 0.6) is 0 Å². The second-order valence-corrected chi connectivity index (χ2v) is 8.78. The Morgan fingerprint density at radius 3 is 2.48 bits per heavy atom. The van der Waals surface area contributed by atoms with Crippen molar-refractivity contribution in [3.8, 4) is 16.4 Å². The lowest BCUT2D eigenvalue weighted by Crippen LogP contribution is -2.60. The van der Waals surface area contributed by atoms with Crippen LogP contribution in [0.2, 0.25) is 0 Å². The predicted molar refractivity (Wildman–Crippen MR) is 115 cm³/mol. The Morgan fingerprint density at radius 1 is 1.13 bits per heavy atom. The molecule has 0 aliphatic carbocycles. The first kappa shape index (κ1) is 21.1. The number of amides is 2. The summed E-state index contributed by atoms with van der Waals surface area (Å²) in [6, 6.07) is 9.77. The third kappa shape index (κ3) is 4.08. The van der Waals surface area contributed by atoms with Crippen molar-refractivity contribution in [2.75, 3.05) is 26.2 Å². The molecule has 2 N–H and O–H groups in total. The minimum atomic E-state index is -0.779. The van der Waals surface area contributed by atoms with Crippen LogP contribution in [0.4, 0.5) is 4.39 Å². The molecule has 0 unspecified atom stereocenters. The molecule has 0 bridgehead atoms. The summed E-state index contributed by atoms with van der Waals surface area (Å²) in [5.41, 5.74) is 5.22. The van der Waals surface area contributed by atoms with Crippen molar-refractivity contribution in [2.24, 2.45) is 5.73 Å². The smallest absolute Gasteiger partial charge is 0.293 e. The molecule has 3 heterocycles. The number of carbonyl (C=O) groups excluding carboxylic acids is 2. The molecule has 4 rings (SSSR count). The van der Waals surface area contributed by atoms with Gasteiger partial charge in [-0.2, -0.15) is 0 Å². The SMILES string of the molecule is CC(C)(C(N)=O)N1CCN(C(=O)c2nc(-c3cccs3)n(-c3cccc(F)c3)n2)CC1. The molecule has 1 aliphatic rings. The molecule has 162 valence electrons. The van der Waals surface area contributed by atoms with Gasteiger partial charge in [0.1, 0.15) is 5.82 Å². The average Bonchev–Trinajstić information content (AvgIpc) is 3.43. The number of primary amides is 1. The maximum absolute atomic E-state index is 13.8. The van der Waals surface area contributed by atoms with Gasteiger partial charge < -0.3 is 10.6 Å². The molecule has 0 radical (unpaired) electrons. The van der Waals surface area contributed by atoms with Gasteiger partial charge in [0.15, 0.2) is 5.82 Å². The van der Waals surface area contributed by atoms with E-state index in [2.05, 4.69) is 10.1 Å². The molecule has 10 heteroatoms. The number of thiophene rings is 1. The van der Waals surface area contributed by atoms with Gasteiger partial charge in [-0.3, -0.25) is 14.5 Å². The lowest BCUT2D eigenvalue weighted by molar-refractivity contribution is -0.129. The molecule has 0 spiro atoms. The normalized spacial score (nSPS) is 15.3. The molecule has 2 amide bonds. The number of hydrogen-bond acceptors (Lipinski definition) is 6. The summed E-state index contributed by atoms with van der Waals surface area (Å²) in [5, 5.41) is 6.32. The van der Waals surface area contributed by atoms with Gasteiger partial charge >= 0.3 is 0 Å². The van der Waals surface area contributed by atoms with E-state index in [9.17, 15) is 14.0 Å². The first-order chi connectivity index (χ1) is 14.8. The van der Waals surface area contributed by atoms with Crippen LogP contribution in [0.15, 0.2) is 41.8 Å². The Morgan fingerprint density at radius 2 is 1.87 bits per heavy atom. The number of rotatable bonds is 5. The molecular formula is C21H23FN6O2S. The van der Waals surface area contributed by atoms with E-state index in [0.717, 1.165) is 4.88 Å². The zero-order valence-corrected chi connectivity index (χ0v) is 18.1. The number of aromatic nitrogens is 3. The highest BCUT2D eigenvalue weighted by Gasteiger charge is 2.36. The summed E-state index contributed by atoms with van der Waals surface area (Å²) in [4.78, 5) is 33.8. The third-order valence-corrected chi connectivity index (χ3v) is 6.42. The number of hydrogen-bond donors (Lipinski definition) is 1. The van der Waals surface area contributed by atoms with Gasteiger partial charge in [-0.25, -0.2) is 14.1 Å². The van der Waals surface area contributed by atoms with E-state index in [1.54, 1.807) is 30.9 Å². The average molecular weight is 443 g/mol. The topological polar surface area (TPSA) is 97.4 Å². The molecule has 1 aromatic carbocycles. The monoisotopic (exact) mass is 442 g/mol. The first-order valence-corrected chi connectivity index (χ1v) is 10.8. The molecule has 1 aliphatic heterocycles. The summed E-state index contributed by atoms with van der Waals surface area (Å²) in [5.74, 6) is -0.563. The Labute approximate surface area is 183 Å². The summed E-state index contributed by atoms with van der Waals surface area (Å²) in [7, 11) is 0. The van der Waals surface area contributed by atoms with E-state index in [4.69, 9.17) is 5.73 Å². The Hall–Kier alpha value is -3.11. The van der Waals surface area contributed by atoms with Gasteiger partial charge in [0.05, 0.1) is 16.1 Å². The standard InChI is InChI=1S/C21H23FN6O2S/c1-21(2,20(23)30)27-10-8-26(9-11-27)19(29)17-24-18(16-7-4-12-31-16)28(25-17)15-6-3-5-14(22)13-15/h3-7,12-13H,8-11H2,1-2H3,(H2,23,30). The van der Waals surface area contributed by atoms with E-state index >= 15 is 0 Å². The van der Waals surface area contributed by atoms with Gasteiger partial charge in [0.25, 0.3) is 5.91 Å². The van der Waals surface area contributed by atoms with Crippen molar-refractivity contribution in [3.63, 3.8) is 0 Å². The summed E-state index contributed by atoms with van der Waals surface area (Å²) < 4.78 is 15.3.